The minimum Gasteiger partial charge on any atom is -0.478 e. The molecule has 0 spiro atoms. The van der Waals surface area contributed by atoms with Crippen molar-refractivity contribution in [2.45, 2.75) is 39.2 Å². The van der Waals surface area contributed by atoms with Crippen molar-refractivity contribution in [1.29, 1.82) is 0 Å². The van der Waals surface area contributed by atoms with Crippen LogP contribution in [0.1, 0.15) is 48.9 Å². The zero-order valence-corrected chi connectivity index (χ0v) is 12.8. The number of hydrogen-bond acceptors (Lipinski definition) is 3. The number of fused-ring (bicyclic) bond motifs is 1. The Balaban J connectivity index is 2.57. The standard InChI is InChI=1S/C16H22N2O3/c1-4-6-12(10-21-3)18-14-8-7-11(16(19)20)9-13(14)17-15(18)5-2/h7-9,12H,4-6,10H2,1-3H3,(H,19,20). The highest BCUT2D eigenvalue weighted by Gasteiger charge is 2.18. The number of hydrogen-bond donors (Lipinski definition) is 1. The quantitative estimate of drug-likeness (QED) is 0.850. The number of aromatic nitrogens is 2. The van der Waals surface area contributed by atoms with Crippen LogP contribution in [0.25, 0.3) is 11.0 Å². The molecule has 0 aliphatic rings. The van der Waals surface area contributed by atoms with Crippen molar-refractivity contribution >= 4 is 17.0 Å². The Morgan fingerprint density at radius 3 is 2.76 bits per heavy atom. The molecule has 0 saturated carbocycles. The van der Waals surface area contributed by atoms with Crippen molar-refractivity contribution in [3.63, 3.8) is 0 Å². The van der Waals surface area contributed by atoms with Crippen LogP contribution in [0.4, 0.5) is 0 Å². The van der Waals surface area contributed by atoms with Crippen LogP contribution in [0.15, 0.2) is 18.2 Å². The number of carboxylic acids is 1. The van der Waals surface area contributed by atoms with Gasteiger partial charge in [0.05, 0.1) is 29.2 Å². The number of ether oxygens (including phenoxy) is 1. The Labute approximate surface area is 124 Å². The lowest BCUT2D eigenvalue weighted by molar-refractivity contribution is 0.0697. The molecule has 1 atom stereocenters. The maximum atomic E-state index is 11.1. The number of aryl methyl sites for hydroxylation is 1. The molecule has 0 aliphatic carbocycles. The van der Waals surface area contributed by atoms with E-state index in [1.54, 1.807) is 19.2 Å². The summed E-state index contributed by atoms with van der Waals surface area (Å²) < 4.78 is 7.55. The maximum absolute atomic E-state index is 11.1. The van der Waals surface area contributed by atoms with Crippen LogP contribution >= 0.6 is 0 Å². The largest absolute Gasteiger partial charge is 0.478 e. The van der Waals surface area contributed by atoms with Crippen LogP contribution in [0, 0.1) is 0 Å². The minimum atomic E-state index is -0.925. The molecule has 1 N–H and O–H groups in total. The molecule has 0 fully saturated rings. The lowest BCUT2D eigenvalue weighted by atomic mass is 10.1. The lowest BCUT2D eigenvalue weighted by Gasteiger charge is -2.20. The van der Waals surface area contributed by atoms with Gasteiger partial charge in [-0.05, 0) is 24.6 Å². The third kappa shape index (κ3) is 3.08. The number of methoxy groups -OCH3 is 1. The molecule has 1 aromatic carbocycles. The van der Waals surface area contributed by atoms with Crippen LogP contribution < -0.4 is 0 Å². The SMILES string of the molecule is CCCC(COC)n1c(CC)nc2cc(C(=O)O)ccc21. The van der Waals surface area contributed by atoms with Gasteiger partial charge >= 0.3 is 5.97 Å². The average molecular weight is 290 g/mol. The highest BCUT2D eigenvalue weighted by Crippen LogP contribution is 2.26. The van der Waals surface area contributed by atoms with Gasteiger partial charge < -0.3 is 14.4 Å². The van der Waals surface area contributed by atoms with Gasteiger partial charge in [-0.25, -0.2) is 9.78 Å². The Morgan fingerprint density at radius 2 is 2.19 bits per heavy atom. The number of rotatable bonds is 7. The summed E-state index contributed by atoms with van der Waals surface area (Å²) in [5.74, 6) is 0.0505. The highest BCUT2D eigenvalue weighted by atomic mass is 16.5. The normalized spacial score (nSPS) is 12.7. The van der Waals surface area contributed by atoms with Gasteiger partial charge in [0.25, 0.3) is 0 Å². The van der Waals surface area contributed by atoms with Crippen molar-refractivity contribution in [2.75, 3.05) is 13.7 Å². The monoisotopic (exact) mass is 290 g/mol. The molecule has 1 heterocycles. The number of nitrogens with zero attached hydrogens (tertiary/aromatic N) is 2. The third-order valence-electron chi connectivity index (χ3n) is 3.67. The molecule has 0 saturated heterocycles. The molecule has 0 radical (unpaired) electrons. The van der Waals surface area contributed by atoms with Gasteiger partial charge in [-0.1, -0.05) is 20.3 Å². The topological polar surface area (TPSA) is 64.4 Å². The van der Waals surface area contributed by atoms with Gasteiger partial charge in [0.15, 0.2) is 0 Å². The Bertz CT molecular complexity index is 628. The molecule has 5 nitrogen and oxygen atoms in total. The van der Waals surface area contributed by atoms with Gasteiger partial charge in [0.1, 0.15) is 5.82 Å². The van der Waals surface area contributed by atoms with E-state index in [9.17, 15) is 4.79 Å². The summed E-state index contributed by atoms with van der Waals surface area (Å²) in [6, 6.07) is 5.36. The molecule has 0 bridgehead atoms. The number of carbonyl (C=O) groups is 1. The molecule has 5 heteroatoms. The first-order chi connectivity index (χ1) is 10.1. The first kappa shape index (κ1) is 15.5. The predicted octanol–water partition coefficient (Wildman–Crippen LogP) is 3.28. The van der Waals surface area contributed by atoms with E-state index in [-0.39, 0.29) is 11.6 Å². The van der Waals surface area contributed by atoms with E-state index in [2.05, 4.69) is 23.4 Å². The summed E-state index contributed by atoms with van der Waals surface area (Å²) in [7, 11) is 1.70. The Kier molecular flexibility index (Phi) is 4.96. The summed E-state index contributed by atoms with van der Waals surface area (Å²) in [6.07, 6.45) is 2.87. The first-order valence-electron chi connectivity index (χ1n) is 7.35. The molecule has 1 unspecified atom stereocenters. The molecule has 1 aromatic heterocycles. The molecule has 0 amide bonds. The van der Waals surface area contributed by atoms with Crippen molar-refractivity contribution in [3.8, 4) is 0 Å². The lowest BCUT2D eigenvalue weighted by Crippen LogP contribution is -2.17. The second-order valence-electron chi connectivity index (χ2n) is 5.16. The van der Waals surface area contributed by atoms with Crippen molar-refractivity contribution in [3.05, 3.63) is 29.6 Å². The van der Waals surface area contributed by atoms with Crippen molar-refractivity contribution in [1.82, 2.24) is 9.55 Å². The molecular weight excluding hydrogens is 268 g/mol. The van der Waals surface area contributed by atoms with E-state index in [0.717, 1.165) is 36.1 Å². The number of aromatic carboxylic acids is 1. The summed E-state index contributed by atoms with van der Waals surface area (Å²) in [4.78, 5) is 15.7. The predicted molar refractivity (Wildman–Crippen MR) is 81.9 cm³/mol. The van der Waals surface area contributed by atoms with Crippen LogP contribution in [0.5, 0.6) is 0 Å². The summed E-state index contributed by atoms with van der Waals surface area (Å²) in [5.41, 5.74) is 1.99. The van der Waals surface area contributed by atoms with Gasteiger partial charge in [0.2, 0.25) is 0 Å². The van der Waals surface area contributed by atoms with Gasteiger partial charge in [-0.2, -0.15) is 0 Å². The minimum absolute atomic E-state index is 0.232. The number of benzene rings is 1. The molecule has 21 heavy (non-hydrogen) atoms. The molecule has 2 aromatic rings. The van der Waals surface area contributed by atoms with Crippen LogP contribution in [0.2, 0.25) is 0 Å². The zero-order chi connectivity index (χ0) is 15.4. The van der Waals surface area contributed by atoms with Crippen LogP contribution in [-0.2, 0) is 11.2 Å². The van der Waals surface area contributed by atoms with Gasteiger partial charge in [-0.15, -0.1) is 0 Å². The van der Waals surface area contributed by atoms with Gasteiger partial charge in [-0.3, -0.25) is 0 Å². The second kappa shape index (κ2) is 6.72. The number of carboxylic acid groups (broad SMARTS) is 1. The zero-order valence-electron chi connectivity index (χ0n) is 12.8. The summed E-state index contributed by atoms with van der Waals surface area (Å²) in [6.45, 7) is 4.84. The molecule has 114 valence electrons. The molecule has 0 aliphatic heterocycles. The van der Waals surface area contributed by atoms with Crippen LogP contribution in [0.3, 0.4) is 0 Å². The average Bonchev–Trinajstić information content (AvgIpc) is 2.84. The fourth-order valence-electron chi connectivity index (χ4n) is 2.75. The van der Waals surface area contributed by atoms with Crippen molar-refractivity contribution in [2.24, 2.45) is 0 Å². The van der Waals surface area contributed by atoms with E-state index in [1.807, 2.05) is 6.07 Å². The fourth-order valence-corrected chi connectivity index (χ4v) is 2.75. The number of imidazole rings is 1. The Morgan fingerprint density at radius 1 is 1.43 bits per heavy atom. The van der Waals surface area contributed by atoms with Crippen molar-refractivity contribution < 1.29 is 14.6 Å². The van der Waals surface area contributed by atoms with E-state index in [1.165, 1.54) is 0 Å². The fraction of sp³-hybridized carbons (Fsp3) is 0.500. The Hall–Kier alpha value is -1.88. The second-order valence-corrected chi connectivity index (χ2v) is 5.16. The molecular formula is C16H22N2O3. The van der Waals surface area contributed by atoms with E-state index in [0.29, 0.717) is 6.61 Å². The maximum Gasteiger partial charge on any atom is 0.335 e. The third-order valence-corrected chi connectivity index (χ3v) is 3.67. The summed E-state index contributed by atoms with van der Waals surface area (Å²) >= 11 is 0. The summed E-state index contributed by atoms with van der Waals surface area (Å²) in [5, 5.41) is 9.10. The van der Waals surface area contributed by atoms with Crippen LogP contribution in [-0.4, -0.2) is 34.3 Å². The van der Waals surface area contributed by atoms with E-state index < -0.39 is 5.97 Å². The molecule has 2 rings (SSSR count). The van der Waals surface area contributed by atoms with Gasteiger partial charge in [0, 0.05) is 13.5 Å². The highest BCUT2D eigenvalue weighted by molar-refractivity contribution is 5.92. The van der Waals surface area contributed by atoms with E-state index >= 15 is 0 Å². The first-order valence-corrected chi connectivity index (χ1v) is 7.35. The van der Waals surface area contributed by atoms with E-state index in [4.69, 9.17) is 9.84 Å². The smallest absolute Gasteiger partial charge is 0.335 e.